The van der Waals surface area contributed by atoms with Crippen molar-refractivity contribution in [2.24, 2.45) is 0 Å². The fourth-order valence-electron chi connectivity index (χ4n) is 1.78. The van der Waals surface area contributed by atoms with E-state index in [2.05, 4.69) is 13.2 Å². The number of ether oxygens (including phenoxy) is 2. The molecule has 0 bridgehead atoms. The molecular weight excluding hydrogens is 592 g/mol. The van der Waals surface area contributed by atoms with E-state index in [4.69, 9.17) is 55.0 Å². The predicted octanol–water partition coefficient (Wildman–Crippen LogP) is 3.33. The zero-order valence-electron chi connectivity index (χ0n) is 28.8. The number of benzene rings is 1. The van der Waals surface area contributed by atoms with Crippen LogP contribution in [-0.2, 0) is 24.1 Å². The average Bonchev–Trinajstić information content (AvgIpc) is 3.01. The number of aliphatic hydroxyl groups excluding tert-OH is 7. The molecule has 13 heteroatoms. The molecule has 45 heavy (non-hydrogen) atoms. The molecule has 0 spiro atoms. The van der Waals surface area contributed by atoms with Crippen LogP contribution in [0.2, 0.25) is 0 Å². The summed E-state index contributed by atoms with van der Waals surface area (Å²) >= 11 is 0. The molecule has 0 saturated carbocycles. The van der Waals surface area contributed by atoms with Gasteiger partial charge in [-0.3, -0.25) is 4.89 Å². The Labute approximate surface area is 271 Å². The highest BCUT2D eigenvalue weighted by molar-refractivity contribution is 5.81. The first-order valence-corrected chi connectivity index (χ1v) is 14.8. The van der Waals surface area contributed by atoms with Gasteiger partial charge >= 0.3 is 11.9 Å². The van der Waals surface area contributed by atoms with Gasteiger partial charge < -0.3 is 45.2 Å². The Hall–Kier alpha value is -2.88. The highest BCUT2D eigenvalue weighted by Gasteiger charge is 2.38. The number of rotatable bonds is 11. The predicted molar refractivity (Wildman–Crippen MR) is 177 cm³/mol. The van der Waals surface area contributed by atoms with Crippen molar-refractivity contribution in [2.45, 2.75) is 80.4 Å². The maximum atomic E-state index is 11.4. The normalized spacial score (nSPS) is 9.49. The van der Waals surface area contributed by atoms with Crippen molar-refractivity contribution >= 4 is 11.9 Å². The molecule has 13 nitrogen and oxygen atoms in total. The zero-order chi connectivity index (χ0) is 36.8. The number of hydrogen-bond acceptors (Lipinski definition) is 13. The van der Waals surface area contributed by atoms with Gasteiger partial charge in [-0.2, -0.15) is 0 Å². The van der Waals surface area contributed by atoms with Gasteiger partial charge in [0.05, 0.1) is 0 Å². The summed E-state index contributed by atoms with van der Waals surface area (Å²) in [5, 5.41) is 53.0. The third-order valence-corrected chi connectivity index (χ3v) is 3.00. The lowest BCUT2D eigenvalue weighted by molar-refractivity contribution is -0.390. The molecule has 0 saturated heterocycles. The van der Waals surface area contributed by atoms with Crippen LogP contribution in [0.4, 0.5) is 0 Å². The lowest BCUT2D eigenvalue weighted by atomic mass is 10.1. The Morgan fingerprint density at radius 3 is 1.33 bits per heavy atom. The van der Waals surface area contributed by atoms with Crippen LogP contribution in [0.15, 0.2) is 55.6 Å². The summed E-state index contributed by atoms with van der Waals surface area (Å²) in [6.07, 6.45) is 3.87. The molecule has 0 radical (unpaired) electrons. The van der Waals surface area contributed by atoms with Crippen LogP contribution in [0.5, 0.6) is 5.75 Å². The summed E-state index contributed by atoms with van der Waals surface area (Å²) in [4.78, 5) is 32.7. The highest BCUT2D eigenvalue weighted by atomic mass is 17.2. The quantitative estimate of drug-likeness (QED) is 0.0599. The lowest BCUT2D eigenvalue weighted by Crippen LogP contribution is -2.45. The van der Waals surface area contributed by atoms with Crippen molar-refractivity contribution in [1.82, 2.24) is 0 Å². The number of para-hydroxylation sites is 1. The van der Waals surface area contributed by atoms with E-state index in [1.807, 2.05) is 13.0 Å². The second-order valence-corrected chi connectivity index (χ2v) is 7.14. The molecule has 1 aromatic rings. The number of hydrogen-bond donors (Lipinski definition) is 7. The van der Waals surface area contributed by atoms with E-state index in [0.717, 1.165) is 18.6 Å². The van der Waals surface area contributed by atoms with Gasteiger partial charge in [0.2, 0.25) is 0 Å². The molecule has 0 aliphatic heterocycles. The van der Waals surface area contributed by atoms with Gasteiger partial charge in [-0.15, -0.1) is 4.89 Å². The van der Waals surface area contributed by atoms with Gasteiger partial charge in [0.1, 0.15) is 5.75 Å². The summed E-state index contributed by atoms with van der Waals surface area (Å²) in [6.45, 7) is 21.9. The van der Waals surface area contributed by atoms with Crippen LogP contribution < -0.4 is 4.74 Å². The molecule has 0 aliphatic rings. The van der Waals surface area contributed by atoms with Gasteiger partial charge in [-0.25, -0.2) is 9.59 Å². The number of aliphatic hydroxyl groups is 7. The lowest BCUT2D eigenvalue weighted by Gasteiger charge is -2.31. The van der Waals surface area contributed by atoms with Gasteiger partial charge in [-0.05, 0) is 67.0 Å². The van der Waals surface area contributed by atoms with Crippen LogP contribution in [-0.4, -0.2) is 106 Å². The summed E-state index contributed by atoms with van der Waals surface area (Å²) in [5.74, 6) is -2.39. The molecule has 270 valence electrons. The molecular formula is C32H64O13. The summed E-state index contributed by atoms with van der Waals surface area (Å²) in [5.41, 5.74) is 0. The van der Waals surface area contributed by atoms with Crippen molar-refractivity contribution in [2.75, 3.05) is 52.9 Å². The van der Waals surface area contributed by atoms with E-state index < -0.39 is 17.7 Å². The minimum absolute atomic E-state index is 0.250. The molecule has 0 aliphatic carbocycles. The Morgan fingerprint density at radius 1 is 0.667 bits per heavy atom. The number of unbranched alkanes of at least 4 members (excludes halogenated alkanes) is 1. The van der Waals surface area contributed by atoms with Crippen LogP contribution in [0.3, 0.4) is 0 Å². The van der Waals surface area contributed by atoms with Gasteiger partial charge in [-0.1, -0.05) is 44.7 Å². The largest absolute Gasteiger partial charge is 0.455 e. The Morgan fingerprint density at radius 2 is 1.02 bits per heavy atom. The van der Waals surface area contributed by atoms with Crippen molar-refractivity contribution in [3.8, 4) is 5.75 Å². The molecule has 1 unspecified atom stereocenters. The van der Waals surface area contributed by atoms with E-state index in [-0.39, 0.29) is 52.9 Å². The third-order valence-electron chi connectivity index (χ3n) is 3.00. The molecule has 0 fully saturated rings. The van der Waals surface area contributed by atoms with E-state index in [0.29, 0.717) is 18.6 Å². The molecule has 1 aromatic carbocycles. The summed E-state index contributed by atoms with van der Waals surface area (Å²) in [7, 11) is 0. The van der Waals surface area contributed by atoms with E-state index in [1.54, 1.807) is 72.7 Å². The first-order valence-electron chi connectivity index (χ1n) is 14.8. The van der Waals surface area contributed by atoms with E-state index in [9.17, 15) is 9.59 Å². The topological polar surface area (TPSA) is 213 Å². The van der Waals surface area contributed by atoms with Crippen LogP contribution in [0, 0.1) is 0 Å². The third kappa shape index (κ3) is 65.0. The first-order chi connectivity index (χ1) is 21.4. The monoisotopic (exact) mass is 656 g/mol. The van der Waals surface area contributed by atoms with E-state index in [1.165, 1.54) is 0 Å². The van der Waals surface area contributed by atoms with Gasteiger partial charge in [0.15, 0.2) is 6.61 Å². The smallest absolute Gasteiger partial charge is 0.365 e. The number of carbonyl (C=O) groups is 2. The number of esters is 1. The first kappa shape index (κ1) is 57.7. The minimum Gasteiger partial charge on any atom is -0.455 e. The van der Waals surface area contributed by atoms with Crippen molar-refractivity contribution in [3.05, 3.63) is 55.6 Å². The fraction of sp³-hybridized carbons (Fsp3) is 0.625. The van der Waals surface area contributed by atoms with Crippen molar-refractivity contribution in [1.29, 1.82) is 0 Å². The van der Waals surface area contributed by atoms with Gasteiger partial charge in [0.25, 0.3) is 5.79 Å². The molecule has 1 atom stereocenters. The molecule has 0 heterocycles. The van der Waals surface area contributed by atoms with E-state index >= 15 is 0 Å². The fourth-order valence-corrected chi connectivity index (χ4v) is 1.78. The van der Waals surface area contributed by atoms with Gasteiger partial charge in [0, 0.05) is 64.8 Å². The minimum atomic E-state index is -1.46. The zero-order valence-corrected chi connectivity index (χ0v) is 28.8. The van der Waals surface area contributed by atoms with Crippen LogP contribution in [0.1, 0.15) is 74.7 Å². The highest BCUT2D eigenvalue weighted by Crippen LogP contribution is 2.26. The summed E-state index contributed by atoms with van der Waals surface area (Å²) < 4.78 is 10.9. The maximum absolute atomic E-state index is 11.4. The SMILES string of the molecule is C=CC(=O)OCC(CCCC)(OOC(=O)C=C)Oc1ccccc1.CCO.CCO.CCO.CCO.CCO.CCO.CCO. The van der Waals surface area contributed by atoms with Crippen molar-refractivity contribution in [3.63, 3.8) is 0 Å². The number of carbonyl (C=O) groups excluding carboxylic acids is 2. The second-order valence-electron chi connectivity index (χ2n) is 7.14. The van der Waals surface area contributed by atoms with Crippen molar-refractivity contribution < 1.29 is 64.6 Å². The Kier molecular flexibility index (Phi) is 73.0. The maximum Gasteiger partial charge on any atom is 0.365 e. The molecule has 0 amide bonds. The standard InChI is InChI=1S/C18H22O6.7C2H6O/c1-4-7-13-18(14-21-16(19)5-2,24-23-17(20)6-3)22-15-11-9-8-10-12-15;7*1-2-3/h5-6,8-12H,2-4,7,13-14H2,1H3;7*3H,2H2,1H3. The Balaban J connectivity index is -0.000000112. The molecule has 0 aromatic heterocycles. The molecule has 1 rings (SSSR count). The Bertz CT molecular complexity index is 629. The average molecular weight is 657 g/mol. The summed E-state index contributed by atoms with van der Waals surface area (Å²) in [6, 6.07) is 8.83. The van der Waals surface area contributed by atoms with Crippen LogP contribution >= 0.6 is 0 Å². The molecule has 7 N–H and O–H groups in total. The second kappa shape index (κ2) is 56.9. The van der Waals surface area contributed by atoms with Crippen LogP contribution in [0.25, 0.3) is 0 Å².